The highest BCUT2D eigenvalue weighted by molar-refractivity contribution is 5.93. The fourth-order valence-corrected chi connectivity index (χ4v) is 3.40. The number of amides is 1. The van der Waals surface area contributed by atoms with Gasteiger partial charge in [-0.25, -0.2) is 4.98 Å². The summed E-state index contributed by atoms with van der Waals surface area (Å²) in [7, 11) is 0. The Labute approximate surface area is 177 Å². The van der Waals surface area contributed by atoms with Gasteiger partial charge < -0.3 is 15.3 Å². The molecule has 166 valence electrons. The molecule has 1 aliphatic heterocycles. The minimum Gasteiger partial charge on any atom is -0.481 e. The maximum Gasteiger partial charge on any atom is 0.417 e. The molecule has 2 N–H and O–H groups in total. The Morgan fingerprint density at radius 3 is 2.29 bits per heavy atom. The van der Waals surface area contributed by atoms with Crippen LogP contribution in [0.1, 0.15) is 12.0 Å². The monoisotopic (exact) mass is 436 g/mol. The normalized spacial score (nSPS) is 16.0. The molecule has 10 heteroatoms. The highest BCUT2D eigenvalue weighted by Crippen LogP contribution is 2.29. The van der Waals surface area contributed by atoms with E-state index in [1.54, 1.807) is 24.3 Å². The number of carboxylic acid groups (broad SMARTS) is 1. The second-order valence-electron chi connectivity index (χ2n) is 7.34. The van der Waals surface area contributed by atoms with Crippen molar-refractivity contribution in [2.75, 3.05) is 42.9 Å². The second-order valence-corrected chi connectivity index (χ2v) is 7.34. The number of hydrogen-bond donors (Lipinski definition) is 2. The first-order chi connectivity index (χ1) is 14.7. The van der Waals surface area contributed by atoms with Crippen LogP contribution in [0.3, 0.4) is 0 Å². The SMILES string of the molecule is O=C(CC(CN1CCN(c2ccc(C(F)(F)F)cn2)CC1)C(=O)O)Nc1ccccc1. The van der Waals surface area contributed by atoms with Crippen molar-refractivity contribution >= 4 is 23.4 Å². The summed E-state index contributed by atoms with van der Waals surface area (Å²) in [5.41, 5.74) is -0.192. The zero-order valence-electron chi connectivity index (χ0n) is 16.7. The van der Waals surface area contributed by atoms with Crippen LogP contribution in [0.25, 0.3) is 0 Å². The molecule has 0 spiro atoms. The minimum atomic E-state index is -4.43. The number of carbonyl (C=O) groups is 2. The topological polar surface area (TPSA) is 85.8 Å². The van der Waals surface area contributed by atoms with Crippen LogP contribution in [0.5, 0.6) is 0 Å². The fourth-order valence-electron chi connectivity index (χ4n) is 3.40. The van der Waals surface area contributed by atoms with Gasteiger partial charge in [0, 0.05) is 51.0 Å². The van der Waals surface area contributed by atoms with Crippen molar-refractivity contribution in [2.45, 2.75) is 12.6 Å². The van der Waals surface area contributed by atoms with E-state index >= 15 is 0 Å². The number of carbonyl (C=O) groups excluding carboxylic acids is 1. The first-order valence-corrected chi connectivity index (χ1v) is 9.80. The number of nitrogens with zero attached hydrogens (tertiary/aromatic N) is 3. The molecule has 2 heterocycles. The molecule has 1 unspecified atom stereocenters. The summed E-state index contributed by atoms with van der Waals surface area (Å²) in [6.45, 7) is 2.26. The largest absolute Gasteiger partial charge is 0.481 e. The van der Waals surface area contributed by atoms with E-state index in [9.17, 15) is 27.9 Å². The van der Waals surface area contributed by atoms with Gasteiger partial charge in [-0.15, -0.1) is 0 Å². The van der Waals surface area contributed by atoms with E-state index < -0.39 is 23.6 Å². The van der Waals surface area contributed by atoms with Crippen LogP contribution < -0.4 is 10.2 Å². The molecule has 31 heavy (non-hydrogen) atoms. The summed E-state index contributed by atoms with van der Waals surface area (Å²) in [6, 6.07) is 11.2. The van der Waals surface area contributed by atoms with E-state index in [-0.39, 0.29) is 18.9 Å². The van der Waals surface area contributed by atoms with Gasteiger partial charge in [-0.3, -0.25) is 14.5 Å². The summed E-state index contributed by atoms with van der Waals surface area (Å²) in [5, 5.41) is 12.2. The third-order valence-corrected chi connectivity index (χ3v) is 5.09. The molecule has 1 aromatic heterocycles. The van der Waals surface area contributed by atoms with Gasteiger partial charge in [0.2, 0.25) is 5.91 Å². The van der Waals surface area contributed by atoms with Crippen molar-refractivity contribution in [3.05, 3.63) is 54.2 Å². The number of rotatable bonds is 7. The number of aromatic nitrogens is 1. The van der Waals surface area contributed by atoms with E-state index in [2.05, 4.69) is 10.3 Å². The number of alkyl halides is 3. The molecular weight excluding hydrogens is 413 g/mol. The van der Waals surface area contributed by atoms with Crippen LogP contribution in [0.4, 0.5) is 24.7 Å². The predicted molar refractivity (Wildman–Crippen MR) is 109 cm³/mol. The van der Waals surface area contributed by atoms with Crippen molar-refractivity contribution in [3.63, 3.8) is 0 Å². The van der Waals surface area contributed by atoms with Gasteiger partial charge in [0.25, 0.3) is 0 Å². The van der Waals surface area contributed by atoms with Gasteiger partial charge in [0.05, 0.1) is 11.5 Å². The standard InChI is InChI=1S/C21H23F3N4O3/c22-21(23,24)16-6-7-18(25-13-16)28-10-8-27(9-11-28)14-15(20(30)31)12-19(29)26-17-4-2-1-3-5-17/h1-7,13,15H,8-12,14H2,(H,26,29)(H,30,31). The van der Waals surface area contributed by atoms with E-state index in [4.69, 9.17) is 0 Å². The smallest absolute Gasteiger partial charge is 0.417 e. The summed E-state index contributed by atoms with van der Waals surface area (Å²) >= 11 is 0. The lowest BCUT2D eigenvalue weighted by molar-refractivity contribution is -0.144. The van der Waals surface area contributed by atoms with Gasteiger partial charge in [-0.05, 0) is 24.3 Å². The molecule has 0 saturated carbocycles. The maximum absolute atomic E-state index is 12.7. The number of anilines is 2. The van der Waals surface area contributed by atoms with E-state index in [0.717, 1.165) is 12.3 Å². The van der Waals surface area contributed by atoms with Crippen LogP contribution in [-0.2, 0) is 15.8 Å². The number of pyridine rings is 1. The summed E-state index contributed by atoms with van der Waals surface area (Å²) in [5.74, 6) is -1.83. The van der Waals surface area contributed by atoms with Crippen LogP contribution in [0.15, 0.2) is 48.7 Å². The van der Waals surface area contributed by atoms with Crippen LogP contribution >= 0.6 is 0 Å². The number of para-hydroxylation sites is 1. The molecule has 0 radical (unpaired) electrons. The van der Waals surface area contributed by atoms with E-state index in [1.165, 1.54) is 6.07 Å². The lowest BCUT2D eigenvalue weighted by Crippen LogP contribution is -2.49. The van der Waals surface area contributed by atoms with Crippen LogP contribution in [0, 0.1) is 5.92 Å². The van der Waals surface area contributed by atoms with Crippen molar-refractivity contribution in [2.24, 2.45) is 5.92 Å². The minimum absolute atomic E-state index is 0.148. The Morgan fingerprint density at radius 1 is 1.06 bits per heavy atom. The van der Waals surface area contributed by atoms with Crippen molar-refractivity contribution in [3.8, 4) is 0 Å². The quantitative estimate of drug-likeness (QED) is 0.694. The number of hydrogen-bond acceptors (Lipinski definition) is 5. The van der Waals surface area contributed by atoms with Crippen LogP contribution in [-0.4, -0.2) is 59.6 Å². The molecule has 2 aromatic rings. The molecule has 0 bridgehead atoms. The van der Waals surface area contributed by atoms with Crippen LogP contribution in [0.2, 0.25) is 0 Å². The lowest BCUT2D eigenvalue weighted by atomic mass is 10.0. The van der Waals surface area contributed by atoms with Gasteiger partial charge >= 0.3 is 12.1 Å². The first-order valence-electron chi connectivity index (χ1n) is 9.80. The summed E-state index contributed by atoms with van der Waals surface area (Å²) in [6.07, 6.45) is -3.76. The Balaban J connectivity index is 1.51. The highest BCUT2D eigenvalue weighted by atomic mass is 19.4. The zero-order valence-corrected chi connectivity index (χ0v) is 16.7. The van der Waals surface area contributed by atoms with Gasteiger partial charge in [0.15, 0.2) is 0 Å². The lowest BCUT2D eigenvalue weighted by Gasteiger charge is -2.36. The Kier molecular flexibility index (Phi) is 7.11. The molecule has 3 rings (SSSR count). The number of nitrogens with one attached hydrogen (secondary N) is 1. The first kappa shape index (κ1) is 22.5. The average molecular weight is 436 g/mol. The Hall–Kier alpha value is -3.14. The molecule has 1 aliphatic rings. The third kappa shape index (κ3) is 6.42. The Morgan fingerprint density at radius 2 is 1.74 bits per heavy atom. The van der Waals surface area contributed by atoms with E-state index in [1.807, 2.05) is 15.9 Å². The zero-order chi connectivity index (χ0) is 22.4. The average Bonchev–Trinajstić information content (AvgIpc) is 2.74. The summed E-state index contributed by atoms with van der Waals surface area (Å²) < 4.78 is 38.0. The second kappa shape index (κ2) is 9.78. The summed E-state index contributed by atoms with van der Waals surface area (Å²) in [4.78, 5) is 31.6. The Bertz CT molecular complexity index is 883. The van der Waals surface area contributed by atoms with Gasteiger partial charge in [0.1, 0.15) is 5.82 Å². The molecule has 1 amide bonds. The molecule has 1 saturated heterocycles. The van der Waals surface area contributed by atoms with Gasteiger partial charge in [-0.2, -0.15) is 13.2 Å². The number of benzene rings is 1. The number of aliphatic carboxylic acids is 1. The molecular formula is C21H23F3N4O3. The van der Waals surface area contributed by atoms with E-state index in [0.29, 0.717) is 37.7 Å². The predicted octanol–water partition coefficient (Wildman–Crippen LogP) is 2.95. The molecule has 1 aromatic carbocycles. The number of halogens is 3. The molecule has 1 atom stereocenters. The van der Waals surface area contributed by atoms with Crippen molar-refractivity contribution < 1.29 is 27.9 Å². The number of carboxylic acids is 1. The third-order valence-electron chi connectivity index (χ3n) is 5.09. The van der Waals surface area contributed by atoms with Crippen molar-refractivity contribution in [1.82, 2.24) is 9.88 Å². The number of piperazine rings is 1. The molecule has 1 fully saturated rings. The van der Waals surface area contributed by atoms with Crippen molar-refractivity contribution in [1.29, 1.82) is 0 Å². The molecule has 7 nitrogen and oxygen atoms in total. The fraction of sp³-hybridized carbons (Fsp3) is 0.381. The van der Waals surface area contributed by atoms with Gasteiger partial charge in [-0.1, -0.05) is 18.2 Å². The maximum atomic E-state index is 12.7. The highest BCUT2D eigenvalue weighted by Gasteiger charge is 2.31. The molecule has 0 aliphatic carbocycles.